The van der Waals surface area contributed by atoms with E-state index in [2.05, 4.69) is 26.2 Å². The molecule has 0 fully saturated rings. The monoisotopic (exact) mass is 425 g/mol. The van der Waals surface area contributed by atoms with Crippen LogP contribution in [0, 0.1) is 6.92 Å². The Labute approximate surface area is 154 Å². The zero-order valence-corrected chi connectivity index (χ0v) is 16.2. The van der Waals surface area contributed by atoms with Gasteiger partial charge in [-0.1, -0.05) is 28.1 Å². The van der Waals surface area contributed by atoms with E-state index in [0.29, 0.717) is 6.54 Å². The van der Waals surface area contributed by atoms with Crippen LogP contribution in [0.5, 0.6) is 0 Å². The van der Waals surface area contributed by atoms with Gasteiger partial charge in [0.15, 0.2) is 0 Å². The average molecular weight is 427 g/mol. The molecule has 1 heterocycles. The second kappa shape index (κ2) is 8.84. The van der Waals surface area contributed by atoms with Crippen molar-refractivity contribution in [1.82, 2.24) is 10.3 Å². The molecule has 0 spiro atoms. The zero-order chi connectivity index (χ0) is 14.8. The van der Waals surface area contributed by atoms with E-state index < -0.39 is 5.54 Å². The van der Waals surface area contributed by atoms with Crippen LogP contribution in [0.4, 0.5) is 0 Å². The van der Waals surface area contributed by atoms with E-state index in [-0.39, 0.29) is 30.7 Å². The van der Waals surface area contributed by atoms with Gasteiger partial charge in [0.25, 0.3) is 0 Å². The lowest BCUT2D eigenvalue weighted by Gasteiger charge is -2.24. The summed E-state index contributed by atoms with van der Waals surface area (Å²) < 4.78 is 0.956. The number of nitrogens with two attached hydrogens (primary N) is 1. The van der Waals surface area contributed by atoms with Crippen molar-refractivity contribution in [1.29, 1.82) is 0 Å². The maximum atomic E-state index is 12.3. The number of hydrogen-bond donors (Lipinski definition) is 2. The van der Waals surface area contributed by atoms with Crippen molar-refractivity contribution in [3.8, 4) is 0 Å². The predicted octanol–water partition coefficient (Wildman–Crippen LogP) is 3.55. The van der Waals surface area contributed by atoms with Crippen LogP contribution >= 0.6 is 52.1 Å². The minimum Gasteiger partial charge on any atom is -0.349 e. The number of carbonyl (C=O) groups excluding carboxylic acids is 1. The van der Waals surface area contributed by atoms with Gasteiger partial charge in [-0.05, 0) is 31.5 Å². The molecule has 0 radical (unpaired) electrons. The highest BCUT2D eigenvalue weighted by Crippen LogP contribution is 2.21. The van der Waals surface area contributed by atoms with Crippen LogP contribution in [0.2, 0.25) is 0 Å². The lowest BCUT2D eigenvalue weighted by molar-refractivity contribution is -0.126. The van der Waals surface area contributed by atoms with Crippen LogP contribution < -0.4 is 11.1 Å². The summed E-state index contributed by atoms with van der Waals surface area (Å²) in [5, 5.41) is 3.84. The highest BCUT2D eigenvalue weighted by Gasteiger charge is 2.30. The molecule has 2 aromatic rings. The molecule has 1 amide bonds. The van der Waals surface area contributed by atoms with Gasteiger partial charge in [-0.2, -0.15) is 0 Å². The molecule has 0 aliphatic carbocycles. The number of amides is 1. The van der Waals surface area contributed by atoms with Crippen molar-refractivity contribution in [3.63, 3.8) is 0 Å². The molecule has 1 unspecified atom stereocenters. The summed E-state index contributed by atoms with van der Waals surface area (Å²) in [7, 11) is 0. The Hall–Kier alpha value is -0.660. The number of thiazole rings is 1. The Morgan fingerprint density at radius 3 is 2.45 bits per heavy atom. The third-order valence-corrected chi connectivity index (χ3v) is 4.45. The van der Waals surface area contributed by atoms with Crippen molar-refractivity contribution in [2.75, 3.05) is 0 Å². The van der Waals surface area contributed by atoms with Crippen LogP contribution in [0.1, 0.15) is 22.4 Å². The fourth-order valence-corrected chi connectivity index (χ4v) is 2.76. The maximum absolute atomic E-state index is 12.3. The minimum atomic E-state index is -1.06. The van der Waals surface area contributed by atoms with Crippen molar-refractivity contribution in [2.24, 2.45) is 5.73 Å². The molecule has 0 aliphatic heterocycles. The number of benzene rings is 1. The fraction of sp³-hybridized carbons (Fsp3) is 0.286. The van der Waals surface area contributed by atoms with Crippen LogP contribution in [0.15, 0.2) is 34.9 Å². The number of rotatable bonds is 4. The van der Waals surface area contributed by atoms with E-state index in [4.69, 9.17) is 5.73 Å². The van der Waals surface area contributed by atoms with Crippen LogP contribution in [0.3, 0.4) is 0 Å². The number of halogens is 3. The zero-order valence-electron chi connectivity index (χ0n) is 12.1. The Balaban J connectivity index is 0.00000220. The topological polar surface area (TPSA) is 68.0 Å². The third kappa shape index (κ3) is 5.21. The summed E-state index contributed by atoms with van der Waals surface area (Å²) in [5.41, 5.74) is 5.88. The summed E-state index contributed by atoms with van der Waals surface area (Å²) >= 11 is 4.93. The summed E-state index contributed by atoms with van der Waals surface area (Å²) in [4.78, 5) is 17.4. The van der Waals surface area contributed by atoms with Gasteiger partial charge >= 0.3 is 0 Å². The largest absolute Gasteiger partial charge is 0.349 e. The molecule has 22 heavy (non-hydrogen) atoms. The summed E-state index contributed by atoms with van der Waals surface area (Å²) in [6, 6.07) is 7.45. The first-order chi connectivity index (χ1) is 9.39. The van der Waals surface area contributed by atoms with Gasteiger partial charge in [0.2, 0.25) is 5.91 Å². The van der Waals surface area contributed by atoms with E-state index in [1.54, 1.807) is 24.5 Å². The molecule has 0 saturated heterocycles. The molecule has 0 bridgehead atoms. The summed E-state index contributed by atoms with van der Waals surface area (Å²) in [6.45, 7) is 4.10. The number of nitrogens with one attached hydrogen (secondary N) is 1. The van der Waals surface area contributed by atoms with Gasteiger partial charge in [-0.15, -0.1) is 36.2 Å². The smallest absolute Gasteiger partial charge is 0.244 e. The Bertz CT molecular complexity index is 617. The van der Waals surface area contributed by atoms with E-state index in [1.807, 2.05) is 31.2 Å². The molecule has 1 atom stereocenters. The van der Waals surface area contributed by atoms with Gasteiger partial charge in [-0.3, -0.25) is 4.79 Å². The van der Waals surface area contributed by atoms with Crippen molar-refractivity contribution in [3.05, 3.63) is 50.4 Å². The number of aryl methyl sites for hydroxylation is 1. The molecule has 1 aromatic carbocycles. The molecular formula is C14H18BrCl2N3OS. The first kappa shape index (κ1) is 21.3. The number of carbonyl (C=O) groups is 1. The molecular weight excluding hydrogens is 409 g/mol. The lowest BCUT2D eigenvalue weighted by Crippen LogP contribution is -2.48. The van der Waals surface area contributed by atoms with Gasteiger partial charge in [-0.25, -0.2) is 4.98 Å². The number of nitrogens with zero attached hydrogens (tertiary/aromatic N) is 1. The normalized spacial score (nSPS) is 12.5. The van der Waals surface area contributed by atoms with Crippen LogP contribution in [-0.2, 0) is 16.9 Å². The van der Waals surface area contributed by atoms with E-state index in [0.717, 1.165) is 19.9 Å². The quantitative estimate of drug-likeness (QED) is 0.785. The molecule has 0 saturated carbocycles. The van der Waals surface area contributed by atoms with Gasteiger partial charge in [0.1, 0.15) is 5.54 Å². The minimum absolute atomic E-state index is 0. The van der Waals surface area contributed by atoms with Crippen molar-refractivity contribution >= 4 is 58.0 Å². The van der Waals surface area contributed by atoms with Crippen LogP contribution in [-0.4, -0.2) is 10.9 Å². The Morgan fingerprint density at radius 2 is 1.95 bits per heavy atom. The molecule has 2 rings (SSSR count). The van der Waals surface area contributed by atoms with E-state index in [1.165, 1.54) is 0 Å². The standard InChI is InChI=1S/C14H16BrN3OS.2ClH/c1-9-17-7-12(20-9)8-18-13(19)14(2,16)10-3-5-11(15)6-4-10;;/h3-7H,8,16H2,1-2H3,(H,18,19);2*1H. The second-order valence-corrected chi connectivity index (χ2v) is 6.97. The summed E-state index contributed by atoms with van der Waals surface area (Å²) in [6.07, 6.45) is 1.77. The molecule has 4 nitrogen and oxygen atoms in total. The highest BCUT2D eigenvalue weighted by atomic mass is 79.9. The van der Waals surface area contributed by atoms with Gasteiger partial charge < -0.3 is 11.1 Å². The van der Waals surface area contributed by atoms with Gasteiger partial charge in [0, 0.05) is 15.5 Å². The first-order valence-corrected chi connectivity index (χ1v) is 7.75. The van der Waals surface area contributed by atoms with Crippen molar-refractivity contribution < 1.29 is 4.79 Å². The second-order valence-electron chi connectivity index (χ2n) is 4.74. The molecule has 1 aromatic heterocycles. The average Bonchev–Trinajstić information content (AvgIpc) is 2.82. The van der Waals surface area contributed by atoms with Crippen LogP contribution in [0.25, 0.3) is 0 Å². The molecule has 122 valence electrons. The van der Waals surface area contributed by atoms with E-state index >= 15 is 0 Å². The maximum Gasteiger partial charge on any atom is 0.244 e. The first-order valence-electron chi connectivity index (χ1n) is 6.14. The molecule has 3 N–H and O–H groups in total. The molecule has 0 aliphatic rings. The summed E-state index contributed by atoms with van der Waals surface area (Å²) in [5.74, 6) is -0.203. The third-order valence-electron chi connectivity index (χ3n) is 3.01. The lowest BCUT2D eigenvalue weighted by atomic mass is 9.92. The SMILES string of the molecule is Cc1ncc(CNC(=O)C(C)(N)c2ccc(Br)cc2)s1.Cl.Cl. The molecule has 8 heteroatoms. The number of hydrogen-bond acceptors (Lipinski definition) is 4. The highest BCUT2D eigenvalue weighted by molar-refractivity contribution is 9.10. The predicted molar refractivity (Wildman–Crippen MR) is 98.9 cm³/mol. The Morgan fingerprint density at radius 1 is 1.36 bits per heavy atom. The van der Waals surface area contributed by atoms with E-state index in [9.17, 15) is 4.79 Å². The fourth-order valence-electron chi connectivity index (χ4n) is 1.77. The van der Waals surface area contributed by atoms with Crippen molar-refractivity contribution in [2.45, 2.75) is 25.9 Å². The number of aromatic nitrogens is 1. The van der Waals surface area contributed by atoms with Gasteiger partial charge in [0.05, 0.1) is 11.6 Å². The Kier molecular flexibility index (Phi) is 8.57.